The van der Waals surface area contributed by atoms with Crippen molar-refractivity contribution in [1.82, 2.24) is 19.4 Å². The van der Waals surface area contributed by atoms with Gasteiger partial charge >= 0.3 is 6.09 Å². The predicted octanol–water partition coefficient (Wildman–Crippen LogP) is 3.88. The predicted molar refractivity (Wildman–Crippen MR) is 111 cm³/mol. The Morgan fingerprint density at radius 1 is 1.13 bits per heavy atom. The molecular formula is C23H22N4O4. The second-order valence-corrected chi connectivity index (χ2v) is 8.39. The van der Waals surface area contributed by atoms with Gasteiger partial charge in [-0.25, -0.2) is 9.78 Å². The van der Waals surface area contributed by atoms with Gasteiger partial charge in [0, 0.05) is 54.6 Å². The molecule has 31 heavy (non-hydrogen) atoms. The number of benzene rings is 1. The molecule has 3 aromatic rings. The SMILES string of the molecule is O=C(O)N1[C@@H]2CC[C@H]1CC(Oc1ccc3c(n1)OCc1cc(-n4ccnc4)ccc1-3)C2. The topological polar surface area (TPSA) is 89.7 Å². The van der Waals surface area contributed by atoms with Crippen molar-refractivity contribution in [3.05, 3.63) is 54.6 Å². The maximum absolute atomic E-state index is 11.5. The second kappa shape index (κ2) is 7.01. The van der Waals surface area contributed by atoms with Crippen LogP contribution in [0.1, 0.15) is 31.2 Å². The van der Waals surface area contributed by atoms with Crippen molar-refractivity contribution in [2.24, 2.45) is 0 Å². The molecule has 5 heterocycles. The van der Waals surface area contributed by atoms with E-state index >= 15 is 0 Å². The fraction of sp³-hybridized carbons (Fsp3) is 0.348. The van der Waals surface area contributed by atoms with Crippen LogP contribution in [0.5, 0.6) is 11.8 Å². The number of amides is 1. The number of hydrogen-bond donors (Lipinski definition) is 1. The van der Waals surface area contributed by atoms with E-state index in [4.69, 9.17) is 9.47 Å². The number of fused-ring (bicyclic) bond motifs is 5. The molecule has 8 heteroatoms. The van der Waals surface area contributed by atoms with Crippen LogP contribution in [0.4, 0.5) is 4.79 Å². The second-order valence-electron chi connectivity index (χ2n) is 8.39. The Hall–Kier alpha value is -3.55. The molecule has 3 aliphatic heterocycles. The molecule has 2 bridgehead atoms. The highest BCUT2D eigenvalue weighted by Crippen LogP contribution is 2.40. The van der Waals surface area contributed by atoms with Crippen molar-refractivity contribution >= 4 is 6.09 Å². The first-order valence-corrected chi connectivity index (χ1v) is 10.6. The first-order chi connectivity index (χ1) is 15.2. The quantitative estimate of drug-likeness (QED) is 0.694. The van der Waals surface area contributed by atoms with Gasteiger partial charge in [-0.2, -0.15) is 4.98 Å². The van der Waals surface area contributed by atoms with Gasteiger partial charge in [-0.15, -0.1) is 0 Å². The monoisotopic (exact) mass is 418 g/mol. The maximum atomic E-state index is 11.5. The maximum Gasteiger partial charge on any atom is 0.407 e. The number of aromatic nitrogens is 3. The molecule has 0 aliphatic carbocycles. The molecule has 158 valence electrons. The van der Waals surface area contributed by atoms with Gasteiger partial charge in [-0.1, -0.05) is 6.07 Å². The van der Waals surface area contributed by atoms with E-state index < -0.39 is 6.09 Å². The van der Waals surface area contributed by atoms with Crippen LogP contribution in [0.15, 0.2) is 49.1 Å². The van der Waals surface area contributed by atoms with Gasteiger partial charge in [0.15, 0.2) is 0 Å². The zero-order chi connectivity index (χ0) is 20.9. The fourth-order valence-electron chi connectivity index (χ4n) is 5.19. The van der Waals surface area contributed by atoms with Gasteiger partial charge < -0.3 is 24.0 Å². The number of pyridine rings is 1. The third-order valence-electron chi connectivity index (χ3n) is 6.58. The van der Waals surface area contributed by atoms with Gasteiger partial charge in [0.25, 0.3) is 0 Å². The first kappa shape index (κ1) is 18.2. The number of nitrogens with zero attached hydrogens (tertiary/aromatic N) is 4. The average Bonchev–Trinajstić information content (AvgIpc) is 3.40. The lowest BCUT2D eigenvalue weighted by Gasteiger charge is -2.36. The van der Waals surface area contributed by atoms with E-state index in [1.54, 1.807) is 17.4 Å². The van der Waals surface area contributed by atoms with E-state index in [2.05, 4.69) is 28.2 Å². The molecule has 1 unspecified atom stereocenters. The van der Waals surface area contributed by atoms with Gasteiger partial charge in [-0.05, 0) is 42.2 Å². The van der Waals surface area contributed by atoms with Crippen LogP contribution in [0.2, 0.25) is 0 Å². The Kier molecular flexibility index (Phi) is 4.12. The number of carboxylic acid groups (broad SMARTS) is 1. The molecule has 1 N–H and O–H groups in total. The standard InChI is InChI=1S/C23H22N4O4/c28-23(29)27-16-1-2-17(27)11-18(10-16)31-21-6-5-20-19-4-3-15(26-8-7-24-13-26)9-14(19)12-30-22(20)25-21/h3-9,13,16-18H,1-2,10-12H2,(H,28,29)/t16-,17+,18?. The number of imidazole rings is 1. The Labute approximate surface area is 179 Å². The van der Waals surface area contributed by atoms with Crippen molar-refractivity contribution in [3.8, 4) is 28.6 Å². The van der Waals surface area contributed by atoms with Gasteiger partial charge in [0.2, 0.25) is 11.8 Å². The lowest BCUT2D eigenvalue weighted by atomic mass is 9.98. The number of piperidine rings is 1. The van der Waals surface area contributed by atoms with E-state index in [1.807, 2.05) is 22.9 Å². The lowest BCUT2D eigenvalue weighted by molar-refractivity contribution is 0.0474. The Morgan fingerprint density at radius 3 is 2.68 bits per heavy atom. The molecule has 6 rings (SSSR count). The normalized spacial score (nSPS) is 23.6. The average molecular weight is 418 g/mol. The summed E-state index contributed by atoms with van der Waals surface area (Å²) in [6.07, 6.45) is 7.85. The highest BCUT2D eigenvalue weighted by Gasteiger charge is 2.44. The zero-order valence-electron chi connectivity index (χ0n) is 16.8. The third-order valence-corrected chi connectivity index (χ3v) is 6.58. The van der Waals surface area contributed by atoms with Crippen molar-refractivity contribution in [2.45, 2.75) is 50.5 Å². The summed E-state index contributed by atoms with van der Waals surface area (Å²) in [5, 5.41) is 9.43. The Morgan fingerprint density at radius 2 is 1.94 bits per heavy atom. The highest BCUT2D eigenvalue weighted by atomic mass is 16.5. The number of carbonyl (C=O) groups is 1. The Balaban J connectivity index is 1.22. The molecule has 3 atom stereocenters. The van der Waals surface area contributed by atoms with Gasteiger partial charge in [0.05, 0.1) is 6.33 Å². The minimum Gasteiger partial charge on any atom is -0.474 e. The van der Waals surface area contributed by atoms with Crippen LogP contribution >= 0.6 is 0 Å². The van der Waals surface area contributed by atoms with Crippen molar-refractivity contribution in [2.75, 3.05) is 0 Å². The van der Waals surface area contributed by atoms with E-state index in [-0.39, 0.29) is 18.2 Å². The molecule has 0 saturated carbocycles. The number of hydrogen-bond acceptors (Lipinski definition) is 5. The molecule has 2 saturated heterocycles. The molecule has 2 fully saturated rings. The van der Waals surface area contributed by atoms with Gasteiger partial charge in [-0.3, -0.25) is 0 Å². The number of rotatable bonds is 3. The largest absolute Gasteiger partial charge is 0.474 e. The molecule has 0 spiro atoms. The van der Waals surface area contributed by atoms with E-state index in [1.165, 1.54) is 0 Å². The van der Waals surface area contributed by atoms with Crippen LogP contribution in [-0.2, 0) is 6.61 Å². The molecule has 1 aromatic carbocycles. The van der Waals surface area contributed by atoms with Crippen molar-refractivity contribution in [3.63, 3.8) is 0 Å². The minimum atomic E-state index is -0.818. The molecular weight excluding hydrogens is 396 g/mol. The zero-order valence-corrected chi connectivity index (χ0v) is 16.8. The minimum absolute atomic E-state index is 0.0211. The summed E-state index contributed by atoms with van der Waals surface area (Å²) in [4.78, 5) is 21.8. The molecule has 8 nitrogen and oxygen atoms in total. The van der Waals surface area contributed by atoms with E-state index in [0.29, 0.717) is 31.2 Å². The van der Waals surface area contributed by atoms with Crippen LogP contribution in [0.25, 0.3) is 16.8 Å². The van der Waals surface area contributed by atoms with Crippen LogP contribution in [0, 0.1) is 0 Å². The summed E-state index contributed by atoms with van der Waals surface area (Å²) < 4.78 is 14.1. The molecule has 3 aliphatic rings. The van der Waals surface area contributed by atoms with Crippen LogP contribution in [0.3, 0.4) is 0 Å². The summed E-state index contributed by atoms with van der Waals surface area (Å²) in [6.45, 7) is 0.447. The summed E-state index contributed by atoms with van der Waals surface area (Å²) >= 11 is 0. The van der Waals surface area contributed by atoms with E-state index in [9.17, 15) is 9.90 Å². The van der Waals surface area contributed by atoms with E-state index in [0.717, 1.165) is 35.2 Å². The summed E-state index contributed by atoms with van der Waals surface area (Å²) in [7, 11) is 0. The summed E-state index contributed by atoms with van der Waals surface area (Å²) in [6, 6.07) is 10.2. The smallest absolute Gasteiger partial charge is 0.407 e. The van der Waals surface area contributed by atoms with Crippen molar-refractivity contribution in [1.29, 1.82) is 0 Å². The van der Waals surface area contributed by atoms with Crippen LogP contribution < -0.4 is 9.47 Å². The first-order valence-electron chi connectivity index (χ1n) is 10.6. The molecule has 1 amide bonds. The van der Waals surface area contributed by atoms with Crippen LogP contribution in [-0.4, -0.2) is 48.8 Å². The molecule has 2 aromatic heterocycles. The third kappa shape index (κ3) is 3.10. The summed E-state index contributed by atoms with van der Waals surface area (Å²) in [5.41, 5.74) is 4.20. The summed E-state index contributed by atoms with van der Waals surface area (Å²) in [5.74, 6) is 1.11. The Bertz CT molecular complexity index is 1130. The van der Waals surface area contributed by atoms with Crippen molar-refractivity contribution < 1.29 is 19.4 Å². The fourth-order valence-corrected chi connectivity index (χ4v) is 5.19. The number of ether oxygens (including phenoxy) is 2. The molecule has 0 radical (unpaired) electrons. The highest BCUT2D eigenvalue weighted by molar-refractivity contribution is 5.75. The van der Waals surface area contributed by atoms with Gasteiger partial charge in [0.1, 0.15) is 12.7 Å². The lowest BCUT2D eigenvalue weighted by Crippen LogP contribution is -2.48.